The Morgan fingerprint density at radius 1 is 1.11 bits per heavy atom. The molecule has 94 valence electrons. The van der Waals surface area contributed by atoms with Crippen molar-refractivity contribution in [2.45, 2.75) is 19.9 Å². The SMILES string of the molecule is CNC(c1ccnc(C)c1)c1ccc(F)c(C)c1. The van der Waals surface area contributed by atoms with Gasteiger partial charge in [-0.2, -0.15) is 0 Å². The van der Waals surface area contributed by atoms with Gasteiger partial charge >= 0.3 is 0 Å². The monoisotopic (exact) mass is 244 g/mol. The lowest BCUT2D eigenvalue weighted by Crippen LogP contribution is -2.18. The van der Waals surface area contributed by atoms with Crippen LogP contribution in [-0.4, -0.2) is 12.0 Å². The van der Waals surface area contributed by atoms with Crippen molar-refractivity contribution in [3.8, 4) is 0 Å². The molecule has 0 bridgehead atoms. The first-order valence-electron chi connectivity index (χ1n) is 5.97. The quantitative estimate of drug-likeness (QED) is 0.897. The molecule has 0 aliphatic rings. The second kappa shape index (κ2) is 5.27. The van der Waals surface area contributed by atoms with E-state index in [0.717, 1.165) is 16.8 Å². The summed E-state index contributed by atoms with van der Waals surface area (Å²) in [6, 6.07) is 9.30. The first-order valence-corrected chi connectivity index (χ1v) is 5.97. The third-order valence-electron chi connectivity index (χ3n) is 3.06. The van der Waals surface area contributed by atoms with Crippen molar-refractivity contribution in [3.63, 3.8) is 0 Å². The number of rotatable bonds is 3. The predicted molar refractivity (Wildman–Crippen MR) is 71.0 cm³/mol. The van der Waals surface area contributed by atoms with Gasteiger partial charge in [0.05, 0.1) is 6.04 Å². The molecule has 0 aliphatic heterocycles. The molecular formula is C15H17FN2. The molecule has 1 unspecified atom stereocenters. The number of hydrogen-bond donors (Lipinski definition) is 1. The van der Waals surface area contributed by atoms with Gasteiger partial charge in [0.1, 0.15) is 5.82 Å². The van der Waals surface area contributed by atoms with E-state index in [1.165, 1.54) is 6.07 Å². The molecule has 0 radical (unpaired) electrons. The fourth-order valence-electron chi connectivity index (χ4n) is 2.12. The maximum Gasteiger partial charge on any atom is 0.126 e. The average Bonchev–Trinajstić information content (AvgIpc) is 2.35. The average molecular weight is 244 g/mol. The van der Waals surface area contributed by atoms with E-state index in [-0.39, 0.29) is 11.9 Å². The lowest BCUT2D eigenvalue weighted by Gasteiger charge is -2.18. The Kier molecular flexibility index (Phi) is 3.72. The molecular weight excluding hydrogens is 227 g/mol. The molecule has 1 heterocycles. The number of pyridine rings is 1. The van der Waals surface area contributed by atoms with Gasteiger partial charge in [-0.3, -0.25) is 4.98 Å². The number of halogens is 1. The van der Waals surface area contributed by atoms with Crippen LogP contribution in [-0.2, 0) is 0 Å². The van der Waals surface area contributed by atoms with Crippen LogP contribution in [0.15, 0.2) is 36.5 Å². The molecule has 1 atom stereocenters. The molecule has 0 aliphatic carbocycles. The molecule has 3 heteroatoms. The minimum absolute atomic E-state index is 0.0611. The standard InChI is InChI=1S/C15H17FN2/c1-10-8-12(4-5-14(10)16)15(17-3)13-6-7-18-11(2)9-13/h4-9,15,17H,1-3H3. The molecule has 0 saturated carbocycles. The smallest absolute Gasteiger partial charge is 0.126 e. The zero-order chi connectivity index (χ0) is 13.1. The van der Waals surface area contributed by atoms with E-state index in [0.29, 0.717) is 5.56 Å². The molecule has 2 nitrogen and oxygen atoms in total. The van der Waals surface area contributed by atoms with Crippen LogP contribution < -0.4 is 5.32 Å². The number of nitrogens with one attached hydrogen (secondary N) is 1. The molecule has 0 amide bonds. The highest BCUT2D eigenvalue weighted by molar-refractivity contribution is 5.34. The Morgan fingerprint density at radius 2 is 1.83 bits per heavy atom. The zero-order valence-corrected chi connectivity index (χ0v) is 10.9. The summed E-state index contributed by atoms with van der Waals surface area (Å²) in [6.45, 7) is 3.75. The Balaban J connectivity index is 2.42. The predicted octanol–water partition coefficient (Wildman–Crippen LogP) is 3.15. The summed E-state index contributed by atoms with van der Waals surface area (Å²) >= 11 is 0. The van der Waals surface area contributed by atoms with Gasteiger partial charge in [-0.1, -0.05) is 12.1 Å². The molecule has 0 spiro atoms. The van der Waals surface area contributed by atoms with Crippen LogP contribution in [0.3, 0.4) is 0 Å². The fourth-order valence-corrected chi connectivity index (χ4v) is 2.12. The normalized spacial score (nSPS) is 12.4. The van der Waals surface area contributed by atoms with Gasteiger partial charge in [0.25, 0.3) is 0 Å². The fraction of sp³-hybridized carbons (Fsp3) is 0.267. The topological polar surface area (TPSA) is 24.9 Å². The molecule has 2 rings (SSSR count). The Bertz CT molecular complexity index is 552. The van der Waals surface area contributed by atoms with Crippen LogP contribution in [0.4, 0.5) is 4.39 Å². The summed E-state index contributed by atoms with van der Waals surface area (Å²) < 4.78 is 13.3. The number of benzene rings is 1. The van der Waals surface area contributed by atoms with Gasteiger partial charge in [0, 0.05) is 11.9 Å². The van der Waals surface area contributed by atoms with E-state index in [9.17, 15) is 4.39 Å². The minimum Gasteiger partial charge on any atom is -0.309 e. The second-order valence-electron chi connectivity index (χ2n) is 4.46. The molecule has 0 saturated heterocycles. The van der Waals surface area contributed by atoms with E-state index in [2.05, 4.69) is 10.3 Å². The van der Waals surface area contributed by atoms with E-state index in [4.69, 9.17) is 0 Å². The van der Waals surface area contributed by atoms with Crippen LogP contribution in [0, 0.1) is 19.7 Å². The lowest BCUT2D eigenvalue weighted by molar-refractivity contribution is 0.614. The first-order chi connectivity index (χ1) is 8.61. The van der Waals surface area contributed by atoms with Crippen molar-refractivity contribution >= 4 is 0 Å². The van der Waals surface area contributed by atoms with Gasteiger partial charge in [-0.05, 0) is 55.8 Å². The summed E-state index contributed by atoms with van der Waals surface area (Å²) in [5.41, 5.74) is 3.84. The summed E-state index contributed by atoms with van der Waals surface area (Å²) in [6.07, 6.45) is 1.80. The van der Waals surface area contributed by atoms with Crippen LogP contribution in [0.5, 0.6) is 0 Å². The lowest BCUT2D eigenvalue weighted by atomic mass is 9.97. The van der Waals surface area contributed by atoms with Gasteiger partial charge in [0.2, 0.25) is 0 Å². The number of aromatic nitrogens is 1. The Morgan fingerprint density at radius 3 is 2.44 bits per heavy atom. The van der Waals surface area contributed by atoms with E-state index < -0.39 is 0 Å². The van der Waals surface area contributed by atoms with Crippen molar-refractivity contribution in [3.05, 3.63) is 64.7 Å². The van der Waals surface area contributed by atoms with Crippen molar-refractivity contribution in [1.29, 1.82) is 0 Å². The van der Waals surface area contributed by atoms with Gasteiger partial charge in [0.15, 0.2) is 0 Å². The third kappa shape index (κ3) is 2.57. The highest BCUT2D eigenvalue weighted by atomic mass is 19.1. The van der Waals surface area contributed by atoms with Gasteiger partial charge in [-0.25, -0.2) is 4.39 Å². The van der Waals surface area contributed by atoms with Crippen molar-refractivity contribution in [1.82, 2.24) is 10.3 Å². The first kappa shape index (κ1) is 12.7. The summed E-state index contributed by atoms with van der Waals surface area (Å²) in [7, 11) is 1.90. The van der Waals surface area contributed by atoms with Gasteiger partial charge < -0.3 is 5.32 Å². The van der Waals surface area contributed by atoms with Crippen molar-refractivity contribution in [2.24, 2.45) is 0 Å². The second-order valence-corrected chi connectivity index (χ2v) is 4.46. The van der Waals surface area contributed by atoms with Crippen LogP contribution >= 0.6 is 0 Å². The minimum atomic E-state index is -0.167. The summed E-state index contributed by atoms with van der Waals surface area (Å²) in [5.74, 6) is -0.167. The number of nitrogens with zero attached hydrogens (tertiary/aromatic N) is 1. The molecule has 2 aromatic rings. The van der Waals surface area contributed by atoms with Crippen molar-refractivity contribution < 1.29 is 4.39 Å². The van der Waals surface area contributed by atoms with E-state index >= 15 is 0 Å². The maximum absolute atomic E-state index is 13.3. The summed E-state index contributed by atoms with van der Waals surface area (Å²) in [5, 5.41) is 3.26. The molecule has 1 N–H and O–H groups in total. The van der Waals surface area contributed by atoms with E-state index in [1.54, 1.807) is 13.1 Å². The molecule has 18 heavy (non-hydrogen) atoms. The van der Waals surface area contributed by atoms with Crippen LogP contribution in [0.2, 0.25) is 0 Å². The van der Waals surface area contributed by atoms with Crippen LogP contribution in [0.1, 0.15) is 28.4 Å². The highest BCUT2D eigenvalue weighted by Crippen LogP contribution is 2.23. The third-order valence-corrected chi connectivity index (χ3v) is 3.06. The Hall–Kier alpha value is -1.74. The van der Waals surface area contributed by atoms with Crippen LogP contribution in [0.25, 0.3) is 0 Å². The highest BCUT2D eigenvalue weighted by Gasteiger charge is 2.13. The van der Waals surface area contributed by atoms with E-state index in [1.807, 2.05) is 38.2 Å². The molecule has 1 aromatic heterocycles. The van der Waals surface area contributed by atoms with Gasteiger partial charge in [-0.15, -0.1) is 0 Å². The maximum atomic E-state index is 13.3. The largest absolute Gasteiger partial charge is 0.309 e. The van der Waals surface area contributed by atoms with Crippen molar-refractivity contribution in [2.75, 3.05) is 7.05 Å². The molecule has 0 fully saturated rings. The summed E-state index contributed by atoms with van der Waals surface area (Å²) in [4.78, 5) is 4.19. The molecule has 1 aromatic carbocycles. The number of hydrogen-bond acceptors (Lipinski definition) is 2. The zero-order valence-electron chi connectivity index (χ0n) is 10.9. The Labute approximate surface area is 107 Å². The number of aryl methyl sites for hydroxylation is 2.